The van der Waals surface area contributed by atoms with E-state index in [-0.39, 0.29) is 17.8 Å². The molecule has 0 unspecified atom stereocenters. The molecule has 0 saturated carbocycles. The summed E-state index contributed by atoms with van der Waals surface area (Å²) in [5, 5.41) is 10.5. The SMILES string of the molecule is COC1CCN(C(=O)c2ccc([N+](=O)[O-])o2)CC1. The average Bonchev–Trinajstić information content (AvgIpc) is 2.88. The van der Waals surface area contributed by atoms with E-state index in [0.717, 1.165) is 12.8 Å². The number of amides is 1. The van der Waals surface area contributed by atoms with Crippen molar-refractivity contribution < 1.29 is 18.9 Å². The van der Waals surface area contributed by atoms with Crippen molar-refractivity contribution in [2.45, 2.75) is 18.9 Å². The van der Waals surface area contributed by atoms with Gasteiger partial charge in [-0.05, 0) is 18.9 Å². The van der Waals surface area contributed by atoms with Crippen LogP contribution in [0.3, 0.4) is 0 Å². The highest BCUT2D eigenvalue weighted by Crippen LogP contribution is 2.20. The van der Waals surface area contributed by atoms with Crippen LogP contribution in [0.2, 0.25) is 0 Å². The van der Waals surface area contributed by atoms with Crippen molar-refractivity contribution in [1.29, 1.82) is 0 Å². The van der Waals surface area contributed by atoms with E-state index in [2.05, 4.69) is 0 Å². The first-order chi connectivity index (χ1) is 8.61. The highest BCUT2D eigenvalue weighted by atomic mass is 16.6. The Hall–Kier alpha value is -1.89. The monoisotopic (exact) mass is 254 g/mol. The molecule has 0 spiro atoms. The number of hydrogen-bond acceptors (Lipinski definition) is 5. The predicted octanol–water partition coefficient (Wildman–Crippen LogP) is 1.44. The minimum Gasteiger partial charge on any atom is -0.395 e. The van der Waals surface area contributed by atoms with Gasteiger partial charge >= 0.3 is 5.88 Å². The van der Waals surface area contributed by atoms with Gasteiger partial charge in [0, 0.05) is 20.2 Å². The maximum atomic E-state index is 12.0. The van der Waals surface area contributed by atoms with Crippen LogP contribution < -0.4 is 0 Å². The number of furan rings is 1. The van der Waals surface area contributed by atoms with Crippen molar-refractivity contribution in [3.63, 3.8) is 0 Å². The Bertz CT molecular complexity index is 448. The van der Waals surface area contributed by atoms with Crippen LogP contribution in [-0.4, -0.2) is 42.0 Å². The molecule has 1 fully saturated rings. The summed E-state index contributed by atoms with van der Waals surface area (Å²) in [5.41, 5.74) is 0. The van der Waals surface area contributed by atoms with Crippen LogP contribution in [-0.2, 0) is 4.74 Å². The molecule has 7 heteroatoms. The molecule has 0 bridgehead atoms. The molecule has 1 aromatic heterocycles. The third-order valence-corrected chi connectivity index (χ3v) is 3.05. The van der Waals surface area contributed by atoms with Gasteiger partial charge in [-0.15, -0.1) is 0 Å². The van der Waals surface area contributed by atoms with E-state index < -0.39 is 10.8 Å². The van der Waals surface area contributed by atoms with E-state index in [4.69, 9.17) is 9.15 Å². The molecule has 1 aliphatic rings. The Morgan fingerprint density at radius 2 is 2.17 bits per heavy atom. The van der Waals surface area contributed by atoms with Gasteiger partial charge in [-0.3, -0.25) is 14.9 Å². The summed E-state index contributed by atoms with van der Waals surface area (Å²) >= 11 is 0. The highest BCUT2D eigenvalue weighted by Gasteiger charge is 2.26. The van der Waals surface area contributed by atoms with Crippen LogP contribution in [0.5, 0.6) is 0 Å². The Balaban J connectivity index is 2.01. The number of likely N-dealkylation sites (tertiary alicyclic amines) is 1. The molecule has 1 saturated heterocycles. The van der Waals surface area contributed by atoms with Gasteiger partial charge in [-0.1, -0.05) is 0 Å². The number of carbonyl (C=O) groups excluding carboxylic acids is 1. The predicted molar refractivity (Wildman–Crippen MR) is 61.3 cm³/mol. The molecule has 18 heavy (non-hydrogen) atoms. The second-order valence-electron chi connectivity index (χ2n) is 4.12. The first kappa shape index (κ1) is 12.6. The fourth-order valence-corrected chi connectivity index (χ4v) is 1.99. The fourth-order valence-electron chi connectivity index (χ4n) is 1.99. The van der Waals surface area contributed by atoms with Gasteiger partial charge in [0.05, 0.1) is 12.2 Å². The molecule has 0 aromatic carbocycles. The van der Waals surface area contributed by atoms with Crippen molar-refractivity contribution in [1.82, 2.24) is 4.90 Å². The maximum Gasteiger partial charge on any atom is 0.433 e. The first-order valence-electron chi connectivity index (χ1n) is 5.68. The van der Waals surface area contributed by atoms with Gasteiger partial charge in [-0.25, -0.2) is 0 Å². The summed E-state index contributed by atoms with van der Waals surface area (Å²) < 4.78 is 10.1. The second-order valence-corrected chi connectivity index (χ2v) is 4.12. The molecule has 0 N–H and O–H groups in total. The lowest BCUT2D eigenvalue weighted by Crippen LogP contribution is -2.40. The van der Waals surface area contributed by atoms with E-state index in [1.165, 1.54) is 12.1 Å². The van der Waals surface area contributed by atoms with Gasteiger partial charge in [0.1, 0.15) is 4.92 Å². The van der Waals surface area contributed by atoms with Crippen LogP contribution in [0.25, 0.3) is 0 Å². The summed E-state index contributed by atoms with van der Waals surface area (Å²) in [5.74, 6) is -0.708. The van der Waals surface area contributed by atoms with Crippen LogP contribution >= 0.6 is 0 Å². The van der Waals surface area contributed by atoms with Gasteiger partial charge in [0.2, 0.25) is 0 Å². The Labute approximate surface area is 103 Å². The number of piperidine rings is 1. The number of ether oxygens (including phenoxy) is 1. The molecule has 2 rings (SSSR count). The van der Waals surface area contributed by atoms with Crippen molar-refractivity contribution in [2.24, 2.45) is 0 Å². The lowest BCUT2D eigenvalue weighted by Gasteiger charge is -2.30. The van der Waals surface area contributed by atoms with Gasteiger partial charge < -0.3 is 14.1 Å². The summed E-state index contributed by atoms with van der Waals surface area (Å²) in [6.07, 6.45) is 1.72. The zero-order valence-electron chi connectivity index (χ0n) is 10.00. The van der Waals surface area contributed by atoms with Gasteiger partial charge in [0.25, 0.3) is 5.91 Å². The smallest absolute Gasteiger partial charge is 0.395 e. The maximum absolute atomic E-state index is 12.0. The Morgan fingerprint density at radius 1 is 1.50 bits per heavy atom. The topological polar surface area (TPSA) is 85.8 Å². The summed E-state index contributed by atoms with van der Waals surface area (Å²) in [6, 6.07) is 2.53. The van der Waals surface area contributed by atoms with E-state index in [9.17, 15) is 14.9 Å². The second kappa shape index (κ2) is 5.18. The number of carbonyl (C=O) groups is 1. The Kier molecular flexibility index (Phi) is 3.61. The fraction of sp³-hybridized carbons (Fsp3) is 0.545. The first-order valence-corrected chi connectivity index (χ1v) is 5.68. The van der Waals surface area contributed by atoms with Crippen LogP contribution in [0.4, 0.5) is 5.88 Å². The number of methoxy groups -OCH3 is 1. The van der Waals surface area contributed by atoms with Crippen LogP contribution in [0.1, 0.15) is 23.4 Å². The van der Waals surface area contributed by atoms with Crippen molar-refractivity contribution in [3.05, 3.63) is 28.0 Å². The number of nitro groups is 1. The van der Waals surface area contributed by atoms with E-state index in [1.54, 1.807) is 12.0 Å². The molecule has 0 atom stereocenters. The molecule has 7 nitrogen and oxygen atoms in total. The van der Waals surface area contributed by atoms with Crippen molar-refractivity contribution in [2.75, 3.05) is 20.2 Å². The number of hydrogen-bond donors (Lipinski definition) is 0. The number of rotatable bonds is 3. The molecule has 0 aliphatic carbocycles. The molecular weight excluding hydrogens is 240 g/mol. The molecule has 98 valence electrons. The minimum absolute atomic E-state index is 0.0116. The summed E-state index contributed by atoms with van der Waals surface area (Å²) in [7, 11) is 1.65. The lowest BCUT2D eigenvalue weighted by atomic mass is 10.1. The van der Waals surface area contributed by atoms with Crippen molar-refractivity contribution >= 4 is 11.8 Å². The van der Waals surface area contributed by atoms with Crippen molar-refractivity contribution in [3.8, 4) is 0 Å². The van der Waals surface area contributed by atoms with E-state index in [1.807, 2.05) is 0 Å². The standard InChI is InChI=1S/C11H14N2O5/c1-17-8-4-6-12(7-5-8)11(14)9-2-3-10(18-9)13(15)16/h2-3,8H,4-7H2,1H3. The normalized spacial score (nSPS) is 16.8. The van der Waals surface area contributed by atoms with Crippen LogP contribution in [0.15, 0.2) is 16.5 Å². The van der Waals surface area contributed by atoms with Gasteiger partial charge in [-0.2, -0.15) is 0 Å². The third-order valence-electron chi connectivity index (χ3n) is 3.05. The molecule has 1 aromatic rings. The molecule has 2 heterocycles. The lowest BCUT2D eigenvalue weighted by molar-refractivity contribution is -0.402. The van der Waals surface area contributed by atoms with E-state index in [0.29, 0.717) is 13.1 Å². The number of nitrogens with zero attached hydrogens (tertiary/aromatic N) is 2. The van der Waals surface area contributed by atoms with Crippen LogP contribution in [0, 0.1) is 10.1 Å². The minimum atomic E-state index is -0.659. The zero-order chi connectivity index (χ0) is 13.1. The highest BCUT2D eigenvalue weighted by molar-refractivity contribution is 5.91. The molecule has 1 aliphatic heterocycles. The molecule has 0 radical (unpaired) electrons. The summed E-state index contributed by atoms with van der Waals surface area (Å²) in [6.45, 7) is 1.15. The molecular formula is C11H14N2O5. The quantitative estimate of drug-likeness (QED) is 0.601. The van der Waals surface area contributed by atoms with Gasteiger partial charge in [0.15, 0.2) is 5.76 Å². The summed E-state index contributed by atoms with van der Waals surface area (Å²) in [4.78, 5) is 23.4. The average molecular weight is 254 g/mol. The zero-order valence-corrected chi connectivity index (χ0v) is 10.00. The van der Waals surface area contributed by atoms with E-state index >= 15 is 0 Å². The third kappa shape index (κ3) is 2.51. The largest absolute Gasteiger partial charge is 0.433 e. The molecule has 1 amide bonds. The Morgan fingerprint density at radius 3 is 2.67 bits per heavy atom.